The molecule has 22 heavy (non-hydrogen) atoms. The molecule has 0 spiro atoms. The molecule has 7 heteroatoms. The summed E-state index contributed by atoms with van der Waals surface area (Å²) in [6.45, 7) is 1.68. The van der Waals surface area contributed by atoms with Gasteiger partial charge in [-0.05, 0) is 19.1 Å². The predicted octanol–water partition coefficient (Wildman–Crippen LogP) is 1.02. The number of imidazole rings is 1. The van der Waals surface area contributed by atoms with E-state index in [4.69, 9.17) is 0 Å². The van der Waals surface area contributed by atoms with Crippen LogP contribution in [-0.2, 0) is 16.0 Å². The number of rotatable bonds is 7. The highest BCUT2D eigenvalue weighted by atomic mass is 16.4. The molecule has 0 radical (unpaired) electrons. The van der Waals surface area contributed by atoms with Gasteiger partial charge in [-0.2, -0.15) is 0 Å². The van der Waals surface area contributed by atoms with Gasteiger partial charge in [0, 0.05) is 24.0 Å². The van der Waals surface area contributed by atoms with Gasteiger partial charge in [0.2, 0.25) is 5.91 Å². The maximum absolute atomic E-state index is 12.1. The van der Waals surface area contributed by atoms with Gasteiger partial charge in [-0.15, -0.1) is 0 Å². The third-order valence-corrected chi connectivity index (χ3v) is 3.14. The van der Waals surface area contributed by atoms with E-state index >= 15 is 0 Å². The monoisotopic (exact) mass is 302 g/mol. The van der Waals surface area contributed by atoms with Crippen LogP contribution in [0.3, 0.4) is 0 Å². The van der Waals surface area contributed by atoms with Crippen molar-refractivity contribution in [3.05, 3.63) is 48.5 Å². The van der Waals surface area contributed by atoms with Crippen LogP contribution in [0.2, 0.25) is 0 Å². The SMILES string of the molecule is C[C@H](Nc1ccccc1)C(=O)N[C@H](Cc1cnc[nH]1)C(=O)O. The standard InChI is InChI=1S/C15H18N4O3/c1-10(18-11-5-3-2-4-6-11)14(20)19-13(15(21)22)7-12-8-16-9-17-12/h2-6,8-10,13,18H,7H2,1H3,(H,16,17)(H,19,20)(H,21,22)/t10-,13+/m0/s1. The lowest BCUT2D eigenvalue weighted by Gasteiger charge is -2.19. The number of carbonyl (C=O) groups is 2. The summed E-state index contributed by atoms with van der Waals surface area (Å²) in [5, 5.41) is 14.8. The number of aliphatic carboxylic acids is 1. The first-order valence-electron chi connectivity index (χ1n) is 6.88. The average molecular weight is 302 g/mol. The van der Waals surface area contributed by atoms with E-state index in [1.54, 1.807) is 6.92 Å². The molecule has 1 heterocycles. The van der Waals surface area contributed by atoms with E-state index in [0.29, 0.717) is 5.69 Å². The number of amides is 1. The topological polar surface area (TPSA) is 107 Å². The number of para-hydroxylation sites is 1. The van der Waals surface area contributed by atoms with Gasteiger partial charge in [-0.1, -0.05) is 18.2 Å². The number of benzene rings is 1. The number of aromatic amines is 1. The number of aromatic nitrogens is 2. The number of carboxylic acids is 1. The van der Waals surface area contributed by atoms with Gasteiger partial charge in [0.1, 0.15) is 12.1 Å². The van der Waals surface area contributed by atoms with Crippen LogP contribution in [0.25, 0.3) is 0 Å². The highest BCUT2D eigenvalue weighted by Crippen LogP contribution is 2.07. The Labute approximate surface area is 127 Å². The Hall–Kier alpha value is -2.83. The first kappa shape index (κ1) is 15.6. The van der Waals surface area contributed by atoms with Crippen molar-refractivity contribution < 1.29 is 14.7 Å². The summed E-state index contributed by atoms with van der Waals surface area (Å²) in [4.78, 5) is 30.1. The van der Waals surface area contributed by atoms with Crippen molar-refractivity contribution in [3.8, 4) is 0 Å². The van der Waals surface area contributed by atoms with Gasteiger partial charge >= 0.3 is 5.97 Å². The Balaban J connectivity index is 1.94. The second-order valence-corrected chi connectivity index (χ2v) is 4.91. The Morgan fingerprint density at radius 3 is 2.64 bits per heavy atom. The summed E-state index contributed by atoms with van der Waals surface area (Å²) in [7, 11) is 0. The van der Waals surface area contributed by atoms with Crippen molar-refractivity contribution in [2.45, 2.75) is 25.4 Å². The van der Waals surface area contributed by atoms with E-state index in [2.05, 4.69) is 20.6 Å². The molecule has 0 aliphatic heterocycles. The van der Waals surface area contributed by atoms with Crippen LogP contribution in [0.4, 0.5) is 5.69 Å². The van der Waals surface area contributed by atoms with Crippen LogP contribution < -0.4 is 10.6 Å². The molecular formula is C15H18N4O3. The minimum Gasteiger partial charge on any atom is -0.480 e. The summed E-state index contributed by atoms with van der Waals surface area (Å²) >= 11 is 0. The van der Waals surface area contributed by atoms with Crippen LogP contribution >= 0.6 is 0 Å². The number of nitrogens with zero attached hydrogens (tertiary/aromatic N) is 1. The number of nitrogens with one attached hydrogen (secondary N) is 3. The summed E-state index contributed by atoms with van der Waals surface area (Å²) < 4.78 is 0. The molecule has 1 aromatic heterocycles. The number of H-pyrrole nitrogens is 1. The molecule has 2 rings (SSSR count). The number of hydrogen-bond acceptors (Lipinski definition) is 4. The van der Waals surface area contributed by atoms with E-state index in [1.165, 1.54) is 12.5 Å². The first-order chi connectivity index (χ1) is 10.6. The molecule has 116 valence electrons. The largest absolute Gasteiger partial charge is 0.480 e. The smallest absolute Gasteiger partial charge is 0.326 e. The van der Waals surface area contributed by atoms with Crippen molar-refractivity contribution in [2.24, 2.45) is 0 Å². The maximum Gasteiger partial charge on any atom is 0.326 e. The third-order valence-electron chi connectivity index (χ3n) is 3.14. The van der Waals surface area contributed by atoms with Gasteiger partial charge in [-0.3, -0.25) is 4.79 Å². The van der Waals surface area contributed by atoms with E-state index < -0.39 is 18.1 Å². The van der Waals surface area contributed by atoms with Crippen LogP contribution in [0.5, 0.6) is 0 Å². The molecule has 1 amide bonds. The lowest BCUT2D eigenvalue weighted by Crippen LogP contribution is -2.47. The molecule has 0 aliphatic carbocycles. The Kier molecular flexibility index (Phi) is 5.13. The fourth-order valence-electron chi connectivity index (χ4n) is 1.96. The van der Waals surface area contributed by atoms with Gasteiger partial charge in [-0.25, -0.2) is 9.78 Å². The Bertz CT molecular complexity index is 613. The van der Waals surface area contributed by atoms with Gasteiger partial charge < -0.3 is 20.7 Å². The van der Waals surface area contributed by atoms with E-state index in [0.717, 1.165) is 5.69 Å². The fourth-order valence-corrected chi connectivity index (χ4v) is 1.96. The summed E-state index contributed by atoms with van der Waals surface area (Å²) in [5.74, 6) is -1.47. The van der Waals surface area contributed by atoms with Crippen LogP contribution in [0.1, 0.15) is 12.6 Å². The van der Waals surface area contributed by atoms with Crippen molar-refractivity contribution in [2.75, 3.05) is 5.32 Å². The number of carbonyl (C=O) groups excluding carboxylic acids is 1. The number of carboxylic acid groups (broad SMARTS) is 1. The van der Waals surface area contributed by atoms with Crippen molar-refractivity contribution in [3.63, 3.8) is 0 Å². The number of hydrogen-bond donors (Lipinski definition) is 4. The average Bonchev–Trinajstić information content (AvgIpc) is 3.00. The van der Waals surface area contributed by atoms with Crippen LogP contribution in [-0.4, -0.2) is 39.0 Å². The fraction of sp³-hybridized carbons (Fsp3) is 0.267. The van der Waals surface area contributed by atoms with Gasteiger partial charge in [0.15, 0.2) is 0 Å². The zero-order valence-corrected chi connectivity index (χ0v) is 12.1. The minimum absolute atomic E-state index is 0.152. The minimum atomic E-state index is -1.09. The maximum atomic E-state index is 12.1. The van der Waals surface area contributed by atoms with Crippen LogP contribution in [0.15, 0.2) is 42.9 Å². The van der Waals surface area contributed by atoms with Crippen LogP contribution in [0, 0.1) is 0 Å². The summed E-state index contributed by atoms with van der Waals surface area (Å²) in [6, 6.07) is 7.70. The zero-order valence-electron chi connectivity index (χ0n) is 12.1. The molecule has 7 nitrogen and oxygen atoms in total. The molecule has 2 aromatic rings. The van der Waals surface area contributed by atoms with E-state index in [9.17, 15) is 14.7 Å². The highest BCUT2D eigenvalue weighted by molar-refractivity contribution is 5.88. The molecule has 2 atom stereocenters. The van der Waals surface area contributed by atoms with Crippen molar-refractivity contribution in [1.29, 1.82) is 0 Å². The lowest BCUT2D eigenvalue weighted by molar-refractivity contribution is -0.141. The number of anilines is 1. The van der Waals surface area contributed by atoms with Gasteiger partial charge in [0.05, 0.1) is 6.33 Å². The molecular weight excluding hydrogens is 284 g/mol. The third kappa shape index (κ3) is 4.34. The second-order valence-electron chi connectivity index (χ2n) is 4.91. The molecule has 0 bridgehead atoms. The first-order valence-corrected chi connectivity index (χ1v) is 6.88. The second kappa shape index (κ2) is 7.26. The molecule has 0 aliphatic rings. The Morgan fingerprint density at radius 1 is 1.32 bits per heavy atom. The molecule has 4 N–H and O–H groups in total. The highest BCUT2D eigenvalue weighted by Gasteiger charge is 2.23. The van der Waals surface area contributed by atoms with Gasteiger partial charge in [0.25, 0.3) is 0 Å². The van der Waals surface area contributed by atoms with E-state index in [1.807, 2.05) is 30.3 Å². The van der Waals surface area contributed by atoms with Crippen molar-refractivity contribution >= 4 is 17.6 Å². The lowest BCUT2D eigenvalue weighted by atomic mass is 10.1. The predicted molar refractivity (Wildman–Crippen MR) is 81.4 cm³/mol. The normalized spacial score (nSPS) is 13.1. The summed E-state index contributed by atoms with van der Waals surface area (Å²) in [6.07, 6.45) is 3.16. The molecule has 0 saturated carbocycles. The quantitative estimate of drug-likeness (QED) is 0.611. The molecule has 0 fully saturated rings. The summed E-state index contributed by atoms with van der Waals surface area (Å²) in [5.41, 5.74) is 1.45. The molecule has 0 saturated heterocycles. The van der Waals surface area contributed by atoms with Crippen molar-refractivity contribution in [1.82, 2.24) is 15.3 Å². The molecule has 1 aromatic carbocycles. The van der Waals surface area contributed by atoms with E-state index in [-0.39, 0.29) is 12.3 Å². The zero-order chi connectivity index (χ0) is 15.9. The molecule has 0 unspecified atom stereocenters. The Morgan fingerprint density at radius 2 is 2.05 bits per heavy atom.